The van der Waals surface area contributed by atoms with Crippen molar-refractivity contribution in [1.82, 2.24) is 4.72 Å². The number of rotatable bonds is 5. The third kappa shape index (κ3) is 3.96. The molecular weight excluding hydrogens is 316 g/mol. The lowest BCUT2D eigenvalue weighted by molar-refractivity contribution is 0.418. The van der Waals surface area contributed by atoms with Gasteiger partial charge >= 0.3 is 0 Å². The van der Waals surface area contributed by atoms with Crippen molar-refractivity contribution in [3.05, 3.63) is 22.7 Å². The van der Waals surface area contributed by atoms with E-state index < -0.39 is 15.6 Å². The molecule has 6 heteroatoms. The van der Waals surface area contributed by atoms with Gasteiger partial charge in [0.25, 0.3) is 0 Å². The molecule has 0 aliphatic heterocycles. The first-order valence-electron chi connectivity index (χ1n) is 5.77. The van der Waals surface area contributed by atoms with Crippen molar-refractivity contribution in [3.63, 3.8) is 0 Å². The van der Waals surface area contributed by atoms with E-state index in [9.17, 15) is 8.42 Å². The highest BCUT2D eigenvalue weighted by Gasteiger charge is 2.25. The van der Waals surface area contributed by atoms with Gasteiger partial charge in [-0.25, -0.2) is 13.1 Å². The van der Waals surface area contributed by atoms with Crippen molar-refractivity contribution in [3.8, 4) is 0 Å². The summed E-state index contributed by atoms with van der Waals surface area (Å²) in [6.07, 6.45) is 1.69. The third-order valence-corrected chi connectivity index (χ3v) is 4.98. The van der Waals surface area contributed by atoms with Crippen molar-refractivity contribution >= 4 is 31.6 Å². The molecule has 0 saturated heterocycles. The van der Waals surface area contributed by atoms with Gasteiger partial charge in [-0.2, -0.15) is 0 Å². The summed E-state index contributed by atoms with van der Waals surface area (Å²) in [5.74, 6) is 0. The normalized spacial score (nSPS) is 12.7. The number of benzene rings is 1. The Balaban J connectivity index is 3.03. The van der Waals surface area contributed by atoms with Gasteiger partial charge in [0.2, 0.25) is 10.0 Å². The molecule has 0 spiro atoms. The van der Waals surface area contributed by atoms with Crippen molar-refractivity contribution in [2.75, 3.05) is 5.73 Å². The molecule has 0 atom stereocenters. The van der Waals surface area contributed by atoms with Crippen molar-refractivity contribution in [1.29, 1.82) is 0 Å². The van der Waals surface area contributed by atoms with E-state index in [1.807, 2.05) is 20.8 Å². The summed E-state index contributed by atoms with van der Waals surface area (Å²) in [4.78, 5) is 0.187. The summed E-state index contributed by atoms with van der Waals surface area (Å²) in [5.41, 5.74) is 5.65. The van der Waals surface area contributed by atoms with Crippen LogP contribution in [0, 0.1) is 0 Å². The fraction of sp³-hybridized carbons (Fsp3) is 0.500. The molecule has 0 unspecified atom stereocenters. The molecule has 4 nitrogen and oxygen atoms in total. The van der Waals surface area contributed by atoms with Crippen LogP contribution in [-0.4, -0.2) is 14.0 Å². The van der Waals surface area contributed by atoms with E-state index in [2.05, 4.69) is 20.7 Å². The summed E-state index contributed by atoms with van der Waals surface area (Å²) in [6.45, 7) is 5.76. The van der Waals surface area contributed by atoms with Gasteiger partial charge in [-0.05, 0) is 54.4 Å². The number of nitrogen functional groups attached to an aromatic ring is 1. The Kier molecular flexibility index (Phi) is 4.80. The van der Waals surface area contributed by atoms with Gasteiger partial charge in [-0.3, -0.25) is 0 Å². The standard InChI is InChI=1S/C12H19BrN2O2S/c1-4-7-12(2,3)15-18(16,17)9-5-6-10(13)11(14)8-9/h5-6,8,15H,4,7,14H2,1-3H3. The van der Waals surface area contributed by atoms with E-state index in [1.54, 1.807) is 6.07 Å². The zero-order chi connectivity index (χ0) is 14.0. The van der Waals surface area contributed by atoms with Crippen LogP contribution in [0.3, 0.4) is 0 Å². The molecule has 1 aromatic carbocycles. The Morgan fingerprint density at radius 1 is 1.39 bits per heavy atom. The lowest BCUT2D eigenvalue weighted by atomic mass is 10.0. The first-order valence-corrected chi connectivity index (χ1v) is 8.04. The summed E-state index contributed by atoms with van der Waals surface area (Å²) < 4.78 is 27.8. The van der Waals surface area contributed by atoms with Crippen LogP contribution in [-0.2, 0) is 10.0 Å². The number of sulfonamides is 1. The maximum absolute atomic E-state index is 12.2. The van der Waals surface area contributed by atoms with E-state index in [0.29, 0.717) is 10.2 Å². The molecule has 0 saturated carbocycles. The molecule has 0 heterocycles. The average Bonchev–Trinajstić information content (AvgIpc) is 2.20. The first kappa shape index (κ1) is 15.5. The van der Waals surface area contributed by atoms with Gasteiger partial charge in [0.05, 0.1) is 4.90 Å². The minimum Gasteiger partial charge on any atom is -0.398 e. The number of nitrogens with two attached hydrogens (primary N) is 1. The highest BCUT2D eigenvalue weighted by atomic mass is 79.9. The second-order valence-electron chi connectivity index (χ2n) is 4.92. The Labute approximate surface area is 117 Å². The van der Waals surface area contributed by atoms with Gasteiger partial charge in [-0.15, -0.1) is 0 Å². The molecule has 0 amide bonds. The van der Waals surface area contributed by atoms with E-state index in [-0.39, 0.29) is 4.90 Å². The molecule has 102 valence electrons. The molecule has 0 aliphatic carbocycles. The van der Waals surface area contributed by atoms with Crippen LogP contribution in [0.25, 0.3) is 0 Å². The fourth-order valence-electron chi connectivity index (χ4n) is 1.79. The van der Waals surface area contributed by atoms with E-state index in [0.717, 1.165) is 12.8 Å². The van der Waals surface area contributed by atoms with Crippen LogP contribution in [0.1, 0.15) is 33.6 Å². The van der Waals surface area contributed by atoms with Crippen LogP contribution < -0.4 is 10.5 Å². The molecule has 1 rings (SSSR count). The largest absolute Gasteiger partial charge is 0.398 e. The van der Waals surface area contributed by atoms with Crippen molar-refractivity contribution < 1.29 is 8.42 Å². The number of nitrogens with one attached hydrogen (secondary N) is 1. The summed E-state index contributed by atoms with van der Waals surface area (Å²) in [6, 6.07) is 4.62. The molecule has 1 aromatic rings. The molecule has 0 radical (unpaired) electrons. The Bertz CT molecular complexity index is 527. The summed E-state index contributed by atoms with van der Waals surface area (Å²) in [7, 11) is -3.53. The minimum absolute atomic E-state index is 0.187. The molecule has 0 aromatic heterocycles. The number of hydrogen-bond acceptors (Lipinski definition) is 3. The van der Waals surface area contributed by atoms with Crippen LogP contribution in [0.4, 0.5) is 5.69 Å². The molecular formula is C12H19BrN2O2S. The summed E-state index contributed by atoms with van der Waals surface area (Å²) >= 11 is 3.24. The highest BCUT2D eigenvalue weighted by molar-refractivity contribution is 9.10. The Morgan fingerprint density at radius 3 is 2.50 bits per heavy atom. The van der Waals surface area contributed by atoms with Gasteiger partial charge in [0.15, 0.2) is 0 Å². The number of halogens is 1. The minimum atomic E-state index is -3.53. The maximum atomic E-state index is 12.2. The Hall–Kier alpha value is -0.590. The van der Waals surface area contributed by atoms with E-state index >= 15 is 0 Å². The molecule has 0 fully saturated rings. The van der Waals surface area contributed by atoms with Crippen molar-refractivity contribution in [2.45, 2.75) is 44.0 Å². The molecule has 0 bridgehead atoms. The topological polar surface area (TPSA) is 72.2 Å². The average molecular weight is 335 g/mol. The van der Waals surface area contributed by atoms with Gasteiger partial charge in [0, 0.05) is 15.7 Å². The lowest BCUT2D eigenvalue weighted by Gasteiger charge is -2.25. The third-order valence-electron chi connectivity index (χ3n) is 2.56. The van der Waals surface area contributed by atoms with Gasteiger partial charge in [-0.1, -0.05) is 13.3 Å². The quantitative estimate of drug-likeness (QED) is 0.813. The second kappa shape index (κ2) is 5.59. The van der Waals surface area contributed by atoms with Gasteiger partial charge < -0.3 is 5.73 Å². The van der Waals surface area contributed by atoms with Crippen LogP contribution in [0.2, 0.25) is 0 Å². The number of anilines is 1. The fourth-order valence-corrected chi connectivity index (χ4v) is 3.51. The monoisotopic (exact) mass is 334 g/mol. The molecule has 3 N–H and O–H groups in total. The van der Waals surface area contributed by atoms with Crippen LogP contribution >= 0.6 is 15.9 Å². The van der Waals surface area contributed by atoms with E-state index in [1.165, 1.54) is 12.1 Å². The van der Waals surface area contributed by atoms with Gasteiger partial charge in [0.1, 0.15) is 0 Å². The highest BCUT2D eigenvalue weighted by Crippen LogP contribution is 2.24. The summed E-state index contributed by atoms with van der Waals surface area (Å²) in [5, 5.41) is 0. The SMILES string of the molecule is CCCC(C)(C)NS(=O)(=O)c1ccc(Br)c(N)c1. The van der Waals surface area contributed by atoms with Crippen LogP contribution in [0.5, 0.6) is 0 Å². The van der Waals surface area contributed by atoms with Crippen molar-refractivity contribution in [2.24, 2.45) is 0 Å². The first-order chi connectivity index (χ1) is 8.18. The Morgan fingerprint density at radius 2 is 2.00 bits per heavy atom. The zero-order valence-electron chi connectivity index (χ0n) is 10.8. The molecule has 0 aliphatic rings. The smallest absolute Gasteiger partial charge is 0.241 e. The lowest BCUT2D eigenvalue weighted by Crippen LogP contribution is -2.43. The molecule has 18 heavy (non-hydrogen) atoms. The number of hydrogen-bond donors (Lipinski definition) is 2. The second-order valence-corrected chi connectivity index (χ2v) is 7.46. The maximum Gasteiger partial charge on any atom is 0.241 e. The van der Waals surface area contributed by atoms with E-state index in [4.69, 9.17) is 5.73 Å². The zero-order valence-corrected chi connectivity index (χ0v) is 13.2. The van der Waals surface area contributed by atoms with Crippen LogP contribution in [0.15, 0.2) is 27.6 Å². The predicted octanol–water partition coefficient (Wildman–Crippen LogP) is 2.89. The predicted molar refractivity (Wildman–Crippen MR) is 77.9 cm³/mol.